The number of nitrogens with one attached hydrogen (secondary N) is 2. The number of sulfonamides is 1. The standard InChI is InChI=1S/C11H16N2O5S/c1-3-11(15,16)10(14)12-8-4-6-9(7-5-8)13-19(2,17)18/h4-7,13,15-16H,3H2,1-2H3,(H,12,14). The van der Waals surface area contributed by atoms with Crippen LogP contribution in [-0.2, 0) is 14.8 Å². The molecular formula is C11H16N2O5S. The Bertz CT molecular complexity index is 551. The van der Waals surface area contributed by atoms with Gasteiger partial charge in [0.2, 0.25) is 15.8 Å². The first-order valence-corrected chi connectivity index (χ1v) is 7.37. The lowest BCUT2D eigenvalue weighted by Crippen LogP contribution is -2.42. The van der Waals surface area contributed by atoms with E-state index < -0.39 is 21.7 Å². The third kappa shape index (κ3) is 4.86. The minimum atomic E-state index is -3.36. The van der Waals surface area contributed by atoms with Gasteiger partial charge in [-0.1, -0.05) is 6.92 Å². The van der Waals surface area contributed by atoms with Crippen molar-refractivity contribution in [2.45, 2.75) is 19.1 Å². The van der Waals surface area contributed by atoms with Crippen LogP contribution in [0.3, 0.4) is 0 Å². The number of anilines is 2. The zero-order valence-corrected chi connectivity index (χ0v) is 11.4. The fourth-order valence-electron chi connectivity index (χ4n) is 1.23. The Morgan fingerprint density at radius 1 is 1.21 bits per heavy atom. The van der Waals surface area contributed by atoms with Crippen LogP contribution >= 0.6 is 0 Å². The van der Waals surface area contributed by atoms with Crippen LogP contribution in [0, 0.1) is 0 Å². The Morgan fingerprint density at radius 3 is 2.11 bits per heavy atom. The smallest absolute Gasteiger partial charge is 0.284 e. The molecule has 1 amide bonds. The van der Waals surface area contributed by atoms with Gasteiger partial charge in [-0.2, -0.15) is 0 Å². The Hall–Kier alpha value is -1.64. The third-order valence-electron chi connectivity index (χ3n) is 2.30. The Kier molecular flexibility index (Phi) is 4.51. The molecule has 0 saturated heterocycles. The summed E-state index contributed by atoms with van der Waals surface area (Å²) in [5.74, 6) is -3.37. The number of hydrogen-bond acceptors (Lipinski definition) is 5. The van der Waals surface area contributed by atoms with Crippen molar-refractivity contribution in [3.05, 3.63) is 24.3 Å². The summed E-state index contributed by atoms with van der Waals surface area (Å²) in [5.41, 5.74) is 0.667. The molecule has 8 heteroatoms. The lowest BCUT2D eigenvalue weighted by atomic mass is 10.2. The molecule has 4 N–H and O–H groups in total. The fourth-order valence-corrected chi connectivity index (χ4v) is 1.79. The molecule has 0 heterocycles. The highest BCUT2D eigenvalue weighted by Gasteiger charge is 2.30. The normalized spacial score (nSPS) is 12.0. The molecule has 1 rings (SSSR count). The summed E-state index contributed by atoms with van der Waals surface area (Å²) >= 11 is 0. The number of carbonyl (C=O) groups is 1. The summed E-state index contributed by atoms with van der Waals surface area (Å²) in [6.07, 6.45) is 0.877. The zero-order chi connectivity index (χ0) is 14.7. The van der Waals surface area contributed by atoms with E-state index in [0.29, 0.717) is 11.4 Å². The molecule has 0 radical (unpaired) electrons. The van der Waals surface area contributed by atoms with E-state index in [4.69, 9.17) is 0 Å². The maximum atomic E-state index is 11.5. The van der Waals surface area contributed by atoms with Gasteiger partial charge in [0.1, 0.15) is 0 Å². The molecule has 106 valence electrons. The van der Waals surface area contributed by atoms with Gasteiger partial charge in [0, 0.05) is 17.8 Å². The van der Waals surface area contributed by atoms with Crippen molar-refractivity contribution in [2.24, 2.45) is 0 Å². The molecule has 0 fully saturated rings. The first kappa shape index (κ1) is 15.4. The van der Waals surface area contributed by atoms with Gasteiger partial charge in [-0.15, -0.1) is 0 Å². The van der Waals surface area contributed by atoms with Crippen molar-refractivity contribution in [2.75, 3.05) is 16.3 Å². The maximum Gasteiger partial charge on any atom is 0.284 e. The van der Waals surface area contributed by atoms with E-state index >= 15 is 0 Å². The molecule has 1 aromatic carbocycles. The second-order valence-corrected chi connectivity index (χ2v) is 5.82. The number of amides is 1. The van der Waals surface area contributed by atoms with Gasteiger partial charge >= 0.3 is 0 Å². The minimum Gasteiger partial charge on any atom is -0.358 e. The number of aliphatic hydroxyl groups is 2. The van der Waals surface area contributed by atoms with Gasteiger partial charge in [-0.3, -0.25) is 9.52 Å². The summed E-state index contributed by atoms with van der Waals surface area (Å²) in [7, 11) is -3.36. The molecule has 0 aliphatic rings. The van der Waals surface area contributed by atoms with Crippen molar-refractivity contribution in [1.82, 2.24) is 0 Å². The highest BCUT2D eigenvalue weighted by Crippen LogP contribution is 2.16. The van der Waals surface area contributed by atoms with E-state index in [1.54, 1.807) is 0 Å². The molecule has 0 aliphatic carbocycles. The van der Waals surface area contributed by atoms with Crippen molar-refractivity contribution in [3.63, 3.8) is 0 Å². The molecule has 0 saturated carbocycles. The monoisotopic (exact) mass is 288 g/mol. The quantitative estimate of drug-likeness (QED) is 0.573. The first-order chi connectivity index (χ1) is 8.64. The van der Waals surface area contributed by atoms with Gasteiger partial charge in [-0.05, 0) is 24.3 Å². The van der Waals surface area contributed by atoms with Gasteiger partial charge in [0.05, 0.1) is 6.26 Å². The van der Waals surface area contributed by atoms with Crippen LogP contribution in [-0.4, -0.2) is 36.6 Å². The lowest BCUT2D eigenvalue weighted by molar-refractivity contribution is -0.180. The van der Waals surface area contributed by atoms with E-state index in [9.17, 15) is 23.4 Å². The largest absolute Gasteiger partial charge is 0.358 e. The van der Waals surface area contributed by atoms with E-state index in [2.05, 4.69) is 10.0 Å². The number of hydrogen-bond donors (Lipinski definition) is 4. The average Bonchev–Trinajstić information content (AvgIpc) is 2.29. The molecular weight excluding hydrogens is 272 g/mol. The maximum absolute atomic E-state index is 11.5. The summed E-state index contributed by atoms with van der Waals surface area (Å²) in [5, 5.41) is 20.9. The summed E-state index contributed by atoms with van der Waals surface area (Å²) < 4.78 is 24.2. The summed E-state index contributed by atoms with van der Waals surface area (Å²) in [6.45, 7) is 1.46. The highest BCUT2D eigenvalue weighted by molar-refractivity contribution is 7.92. The van der Waals surface area contributed by atoms with Crippen LogP contribution in [0.2, 0.25) is 0 Å². The molecule has 0 unspecified atom stereocenters. The molecule has 0 atom stereocenters. The van der Waals surface area contributed by atoms with Crippen LogP contribution in [0.15, 0.2) is 24.3 Å². The third-order valence-corrected chi connectivity index (χ3v) is 2.91. The molecule has 0 aliphatic heterocycles. The second-order valence-electron chi connectivity index (χ2n) is 4.08. The van der Waals surface area contributed by atoms with Crippen LogP contribution < -0.4 is 10.0 Å². The topological polar surface area (TPSA) is 116 Å². The molecule has 1 aromatic rings. The van der Waals surface area contributed by atoms with Gasteiger partial charge in [0.15, 0.2) is 0 Å². The number of benzene rings is 1. The van der Waals surface area contributed by atoms with Crippen LogP contribution in [0.5, 0.6) is 0 Å². The molecule has 0 bridgehead atoms. The fraction of sp³-hybridized carbons (Fsp3) is 0.364. The van der Waals surface area contributed by atoms with E-state index in [0.717, 1.165) is 6.26 Å². The SMILES string of the molecule is CCC(O)(O)C(=O)Nc1ccc(NS(C)(=O)=O)cc1. The van der Waals surface area contributed by atoms with Crippen molar-refractivity contribution in [3.8, 4) is 0 Å². The van der Waals surface area contributed by atoms with Gasteiger partial charge in [0.25, 0.3) is 5.91 Å². The van der Waals surface area contributed by atoms with Crippen molar-refractivity contribution in [1.29, 1.82) is 0 Å². The van der Waals surface area contributed by atoms with Gasteiger partial charge in [-0.25, -0.2) is 8.42 Å². The first-order valence-electron chi connectivity index (χ1n) is 5.48. The highest BCUT2D eigenvalue weighted by atomic mass is 32.2. The Labute approximate surface area is 111 Å². The summed E-state index contributed by atoms with van der Waals surface area (Å²) in [4.78, 5) is 11.5. The average molecular weight is 288 g/mol. The van der Waals surface area contributed by atoms with E-state index in [1.807, 2.05) is 0 Å². The summed E-state index contributed by atoms with van der Waals surface area (Å²) in [6, 6.07) is 5.77. The van der Waals surface area contributed by atoms with E-state index in [1.165, 1.54) is 31.2 Å². The van der Waals surface area contributed by atoms with Crippen molar-refractivity contribution < 1.29 is 23.4 Å². The molecule has 7 nitrogen and oxygen atoms in total. The minimum absolute atomic E-state index is 0.146. The zero-order valence-electron chi connectivity index (χ0n) is 10.5. The molecule has 0 aromatic heterocycles. The predicted octanol–water partition coefficient (Wildman–Crippen LogP) is 0.0875. The Morgan fingerprint density at radius 2 is 1.68 bits per heavy atom. The van der Waals surface area contributed by atoms with E-state index in [-0.39, 0.29) is 6.42 Å². The Balaban J connectivity index is 2.75. The predicted molar refractivity (Wildman–Crippen MR) is 71.0 cm³/mol. The number of carbonyl (C=O) groups excluding carboxylic acids is 1. The number of rotatable bonds is 5. The molecule has 19 heavy (non-hydrogen) atoms. The van der Waals surface area contributed by atoms with Crippen molar-refractivity contribution >= 4 is 27.3 Å². The van der Waals surface area contributed by atoms with Gasteiger partial charge < -0.3 is 15.5 Å². The van der Waals surface area contributed by atoms with Crippen LogP contribution in [0.4, 0.5) is 11.4 Å². The van der Waals surface area contributed by atoms with Crippen LogP contribution in [0.1, 0.15) is 13.3 Å². The molecule has 0 spiro atoms. The van der Waals surface area contributed by atoms with Crippen LogP contribution in [0.25, 0.3) is 0 Å². The lowest BCUT2D eigenvalue weighted by Gasteiger charge is -2.18. The second kappa shape index (κ2) is 5.55.